The zero-order chi connectivity index (χ0) is 10.2. The second-order valence-corrected chi connectivity index (χ2v) is 3.45. The van der Waals surface area contributed by atoms with E-state index in [1.54, 1.807) is 0 Å². The SMILES string of the molecule is CCCCOC(CC)c1cc[c]cc1. The Morgan fingerprint density at radius 3 is 2.57 bits per heavy atom. The molecule has 0 aliphatic rings. The van der Waals surface area contributed by atoms with Gasteiger partial charge in [-0.2, -0.15) is 0 Å². The summed E-state index contributed by atoms with van der Waals surface area (Å²) in [4.78, 5) is 0. The summed E-state index contributed by atoms with van der Waals surface area (Å²) in [6, 6.07) is 11.1. The smallest absolute Gasteiger partial charge is 0.0822 e. The largest absolute Gasteiger partial charge is 0.374 e. The molecule has 0 aliphatic carbocycles. The van der Waals surface area contributed by atoms with Crippen molar-refractivity contribution in [1.29, 1.82) is 0 Å². The van der Waals surface area contributed by atoms with Gasteiger partial charge in [0, 0.05) is 6.61 Å². The molecule has 1 unspecified atom stereocenters. The zero-order valence-corrected chi connectivity index (χ0v) is 9.12. The third-order valence-corrected chi connectivity index (χ3v) is 2.30. The molecule has 77 valence electrons. The normalized spacial score (nSPS) is 12.7. The minimum atomic E-state index is 0.260. The van der Waals surface area contributed by atoms with Crippen LogP contribution in [0.3, 0.4) is 0 Å². The lowest BCUT2D eigenvalue weighted by Crippen LogP contribution is -2.04. The van der Waals surface area contributed by atoms with Gasteiger partial charge >= 0.3 is 0 Å². The maximum Gasteiger partial charge on any atom is 0.0822 e. The average Bonchev–Trinajstić information content (AvgIpc) is 2.26. The van der Waals surface area contributed by atoms with E-state index in [1.165, 1.54) is 12.0 Å². The molecule has 1 heteroatoms. The standard InChI is InChI=1S/C13H19O/c1-3-5-11-14-13(4-2)12-9-7-6-8-10-12/h7-10,13H,3-5,11H2,1-2H3. The summed E-state index contributed by atoms with van der Waals surface area (Å²) < 4.78 is 5.80. The van der Waals surface area contributed by atoms with Crippen molar-refractivity contribution in [1.82, 2.24) is 0 Å². The molecule has 0 fully saturated rings. The molecule has 1 atom stereocenters. The van der Waals surface area contributed by atoms with E-state index >= 15 is 0 Å². The van der Waals surface area contributed by atoms with Gasteiger partial charge in [-0.05, 0) is 24.5 Å². The first kappa shape index (κ1) is 11.3. The molecule has 0 spiro atoms. The maximum atomic E-state index is 5.80. The van der Waals surface area contributed by atoms with Gasteiger partial charge in [0.2, 0.25) is 0 Å². The van der Waals surface area contributed by atoms with Crippen molar-refractivity contribution in [2.24, 2.45) is 0 Å². The van der Waals surface area contributed by atoms with Crippen molar-refractivity contribution in [2.75, 3.05) is 6.61 Å². The number of rotatable bonds is 6. The Bertz CT molecular complexity index is 230. The molecule has 0 saturated carbocycles. The van der Waals surface area contributed by atoms with Gasteiger partial charge in [-0.15, -0.1) is 0 Å². The van der Waals surface area contributed by atoms with Crippen LogP contribution in [0.25, 0.3) is 0 Å². The molecule has 0 amide bonds. The van der Waals surface area contributed by atoms with Crippen LogP contribution in [0.1, 0.15) is 44.8 Å². The number of unbranched alkanes of at least 4 members (excludes halogenated alkanes) is 1. The topological polar surface area (TPSA) is 9.23 Å². The predicted molar refractivity (Wildman–Crippen MR) is 59.2 cm³/mol. The molecule has 0 aliphatic heterocycles. The minimum Gasteiger partial charge on any atom is -0.374 e. The predicted octanol–water partition coefficient (Wildman–Crippen LogP) is 3.75. The fourth-order valence-corrected chi connectivity index (χ4v) is 1.43. The molecule has 14 heavy (non-hydrogen) atoms. The highest BCUT2D eigenvalue weighted by Crippen LogP contribution is 2.20. The fourth-order valence-electron chi connectivity index (χ4n) is 1.43. The van der Waals surface area contributed by atoms with Crippen molar-refractivity contribution >= 4 is 0 Å². The summed E-state index contributed by atoms with van der Waals surface area (Å²) in [7, 11) is 0. The first-order valence-corrected chi connectivity index (χ1v) is 5.46. The van der Waals surface area contributed by atoms with Crippen LogP contribution >= 0.6 is 0 Å². The summed E-state index contributed by atoms with van der Waals surface area (Å²) in [6.45, 7) is 5.21. The monoisotopic (exact) mass is 191 g/mol. The third kappa shape index (κ3) is 3.51. The van der Waals surface area contributed by atoms with Crippen molar-refractivity contribution < 1.29 is 4.74 Å². The summed E-state index contributed by atoms with van der Waals surface area (Å²) in [5.74, 6) is 0. The van der Waals surface area contributed by atoms with E-state index in [4.69, 9.17) is 4.74 Å². The zero-order valence-electron chi connectivity index (χ0n) is 9.12. The lowest BCUT2D eigenvalue weighted by atomic mass is 10.1. The molecule has 1 rings (SSSR count). The van der Waals surface area contributed by atoms with Gasteiger partial charge in [0.25, 0.3) is 0 Å². The minimum absolute atomic E-state index is 0.260. The van der Waals surface area contributed by atoms with Crippen LogP contribution in [-0.2, 0) is 4.74 Å². The van der Waals surface area contributed by atoms with E-state index in [1.807, 2.05) is 12.1 Å². The lowest BCUT2D eigenvalue weighted by molar-refractivity contribution is 0.0481. The van der Waals surface area contributed by atoms with E-state index in [9.17, 15) is 0 Å². The van der Waals surface area contributed by atoms with Crippen LogP contribution in [0.5, 0.6) is 0 Å². The first-order valence-electron chi connectivity index (χ1n) is 5.46. The van der Waals surface area contributed by atoms with Crippen LogP contribution in [0, 0.1) is 6.07 Å². The maximum absolute atomic E-state index is 5.80. The Morgan fingerprint density at radius 1 is 1.29 bits per heavy atom. The molecular weight excluding hydrogens is 172 g/mol. The molecule has 0 N–H and O–H groups in total. The van der Waals surface area contributed by atoms with Crippen LogP contribution in [0.2, 0.25) is 0 Å². The second-order valence-electron chi connectivity index (χ2n) is 3.45. The van der Waals surface area contributed by atoms with Crippen molar-refractivity contribution in [3.05, 3.63) is 35.9 Å². The summed E-state index contributed by atoms with van der Waals surface area (Å²) >= 11 is 0. The highest BCUT2D eigenvalue weighted by atomic mass is 16.5. The Hall–Kier alpha value is -0.820. The molecule has 1 aromatic carbocycles. The van der Waals surface area contributed by atoms with Crippen LogP contribution in [0.4, 0.5) is 0 Å². The van der Waals surface area contributed by atoms with Crippen LogP contribution in [-0.4, -0.2) is 6.61 Å². The third-order valence-electron chi connectivity index (χ3n) is 2.30. The van der Waals surface area contributed by atoms with Gasteiger partial charge in [0.1, 0.15) is 0 Å². The molecule has 0 bridgehead atoms. The molecule has 1 aromatic rings. The summed E-state index contributed by atoms with van der Waals surface area (Å²) in [5.41, 5.74) is 1.27. The van der Waals surface area contributed by atoms with Crippen molar-refractivity contribution in [2.45, 2.75) is 39.2 Å². The average molecular weight is 191 g/mol. The summed E-state index contributed by atoms with van der Waals surface area (Å²) in [5, 5.41) is 0. The van der Waals surface area contributed by atoms with E-state index in [0.717, 1.165) is 19.4 Å². The fraction of sp³-hybridized carbons (Fsp3) is 0.538. The number of hydrogen-bond acceptors (Lipinski definition) is 1. The van der Waals surface area contributed by atoms with Gasteiger partial charge < -0.3 is 4.74 Å². The first-order chi connectivity index (χ1) is 6.88. The van der Waals surface area contributed by atoms with Gasteiger partial charge in [-0.25, -0.2) is 0 Å². The Kier molecular flexibility index (Phi) is 5.31. The van der Waals surface area contributed by atoms with Crippen molar-refractivity contribution in [3.63, 3.8) is 0 Å². The van der Waals surface area contributed by atoms with Gasteiger partial charge in [-0.3, -0.25) is 0 Å². The highest BCUT2D eigenvalue weighted by molar-refractivity contribution is 5.16. The van der Waals surface area contributed by atoms with Gasteiger partial charge in [0.05, 0.1) is 6.10 Å². The van der Waals surface area contributed by atoms with E-state index in [2.05, 4.69) is 32.0 Å². The lowest BCUT2D eigenvalue weighted by Gasteiger charge is -2.16. The van der Waals surface area contributed by atoms with Crippen LogP contribution < -0.4 is 0 Å². The molecule has 0 saturated heterocycles. The Morgan fingerprint density at radius 2 is 2.00 bits per heavy atom. The second kappa shape index (κ2) is 6.61. The number of benzene rings is 1. The van der Waals surface area contributed by atoms with Gasteiger partial charge in [0.15, 0.2) is 0 Å². The number of hydrogen-bond donors (Lipinski definition) is 0. The molecule has 1 nitrogen and oxygen atoms in total. The molecular formula is C13H19O. The molecule has 0 heterocycles. The van der Waals surface area contributed by atoms with Crippen LogP contribution in [0.15, 0.2) is 24.3 Å². The van der Waals surface area contributed by atoms with E-state index < -0.39 is 0 Å². The van der Waals surface area contributed by atoms with E-state index in [-0.39, 0.29) is 6.10 Å². The Labute approximate surface area is 87.1 Å². The quantitative estimate of drug-likeness (QED) is 0.622. The highest BCUT2D eigenvalue weighted by Gasteiger charge is 2.07. The number of ether oxygens (including phenoxy) is 1. The van der Waals surface area contributed by atoms with Gasteiger partial charge in [-0.1, -0.05) is 44.5 Å². The Balaban J connectivity index is 2.46. The molecule has 0 aromatic heterocycles. The van der Waals surface area contributed by atoms with E-state index in [0.29, 0.717) is 0 Å². The van der Waals surface area contributed by atoms with Crippen molar-refractivity contribution in [3.8, 4) is 0 Å². The summed E-state index contributed by atoms with van der Waals surface area (Å²) in [6.07, 6.45) is 3.64. The molecule has 1 radical (unpaired) electrons.